The molecule has 1 aromatic carbocycles. The van der Waals surface area contributed by atoms with Crippen LogP contribution >= 0.6 is 39.3 Å². The van der Waals surface area contributed by atoms with Crippen molar-refractivity contribution in [3.8, 4) is 0 Å². The third-order valence-corrected chi connectivity index (χ3v) is 7.94. The maximum atomic E-state index is 12.1. The molecule has 0 unspecified atom stereocenters. The number of aliphatic imine (C=N–C) groups is 1. The highest BCUT2D eigenvalue weighted by molar-refractivity contribution is 9.10. The fraction of sp³-hybridized carbons (Fsp3) is 0.467. The van der Waals surface area contributed by atoms with Crippen molar-refractivity contribution < 1.29 is 13.2 Å². The van der Waals surface area contributed by atoms with Gasteiger partial charge < -0.3 is 4.90 Å². The van der Waals surface area contributed by atoms with Crippen molar-refractivity contribution in [2.24, 2.45) is 10.9 Å². The van der Waals surface area contributed by atoms with E-state index in [2.05, 4.69) is 20.9 Å². The van der Waals surface area contributed by atoms with Gasteiger partial charge in [-0.1, -0.05) is 53.1 Å². The summed E-state index contributed by atoms with van der Waals surface area (Å²) in [5.74, 6) is -0.295. The summed E-state index contributed by atoms with van der Waals surface area (Å²) >= 11 is 11.1. The average molecular weight is 452 g/mol. The van der Waals surface area contributed by atoms with Crippen LogP contribution in [0.2, 0.25) is 5.02 Å². The van der Waals surface area contributed by atoms with Gasteiger partial charge in [-0.25, -0.2) is 8.42 Å². The molecule has 0 radical (unpaired) electrons. The van der Waals surface area contributed by atoms with Gasteiger partial charge >= 0.3 is 0 Å². The molecule has 5 nitrogen and oxygen atoms in total. The predicted octanol–water partition coefficient (Wildman–Crippen LogP) is 3.36. The van der Waals surface area contributed by atoms with Crippen molar-refractivity contribution in [1.82, 2.24) is 0 Å². The van der Waals surface area contributed by atoms with Crippen LogP contribution in [0.1, 0.15) is 13.8 Å². The van der Waals surface area contributed by atoms with Gasteiger partial charge in [0.05, 0.1) is 28.3 Å². The number of rotatable bonds is 2. The first-order chi connectivity index (χ1) is 11.2. The molecule has 1 amide bonds. The molecule has 2 aliphatic rings. The van der Waals surface area contributed by atoms with Gasteiger partial charge in [0.2, 0.25) is 0 Å². The van der Waals surface area contributed by atoms with Crippen LogP contribution in [0.3, 0.4) is 0 Å². The molecule has 2 fully saturated rings. The summed E-state index contributed by atoms with van der Waals surface area (Å²) < 4.78 is 24.8. The summed E-state index contributed by atoms with van der Waals surface area (Å²) in [5, 5.41) is 0.885. The first kappa shape index (κ1) is 18.2. The molecule has 24 heavy (non-hydrogen) atoms. The summed E-state index contributed by atoms with van der Waals surface area (Å²) in [5.41, 5.74) is 0.673. The number of halogens is 2. The molecule has 0 spiro atoms. The lowest BCUT2D eigenvalue weighted by atomic mass is 10.2. The fourth-order valence-corrected chi connectivity index (χ4v) is 7.42. The number of thioether (sulfide) groups is 1. The molecule has 130 valence electrons. The van der Waals surface area contributed by atoms with Crippen LogP contribution in [0, 0.1) is 5.92 Å². The van der Waals surface area contributed by atoms with Crippen LogP contribution in [0.5, 0.6) is 0 Å². The van der Waals surface area contributed by atoms with Crippen molar-refractivity contribution in [3.63, 3.8) is 0 Å². The first-order valence-electron chi connectivity index (χ1n) is 7.42. The molecular formula is C15H16BrClN2O3S2. The number of amides is 1. The van der Waals surface area contributed by atoms with Crippen LogP contribution in [-0.2, 0) is 14.6 Å². The highest BCUT2D eigenvalue weighted by Gasteiger charge is 2.49. The van der Waals surface area contributed by atoms with E-state index in [0.29, 0.717) is 15.9 Å². The van der Waals surface area contributed by atoms with E-state index in [1.807, 2.05) is 17.0 Å². The molecular weight excluding hydrogens is 436 g/mol. The summed E-state index contributed by atoms with van der Waals surface area (Å²) in [6.07, 6.45) is 0. The van der Waals surface area contributed by atoms with Crippen LogP contribution in [0.4, 0.5) is 5.69 Å². The average Bonchev–Trinajstić information content (AvgIpc) is 2.91. The van der Waals surface area contributed by atoms with Crippen LogP contribution in [0.25, 0.3) is 0 Å². The standard InChI is InChI=1S/C15H16BrClN2O3S2/c1-8(2)14(20)18-15-19(11-4-3-9(16)5-10(11)17)12-6-24(21,22)7-13(12)23-15/h3-5,8,12-13H,6-7H2,1-2H3/t12-,13-/m0/s1. The molecule has 0 aromatic heterocycles. The number of sulfone groups is 1. The van der Waals surface area contributed by atoms with Gasteiger partial charge in [0.1, 0.15) is 0 Å². The van der Waals surface area contributed by atoms with Crippen LogP contribution < -0.4 is 4.90 Å². The largest absolute Gasteiger partial charge is 0.314 e. The lowest BCUT2D eigenvalue weighted by Gasteiger charge is -2.25. The number of benzene rings is 1. The zero-order valence-electron chi connectivity index (χ0n) is 13.1. The Morgan fingerprint density at radius 2 is 2.12 bits per heavy atom. The molecule has 2 aliphatic heterocycles. The van der Waals surface area contributed by atoms with Crippen molar-refractivity contribution in [3.05, 3.63) is 27.7 Å². The summed E-state index contributed by atoms with van der Waals surface area (Å²) in [6, 6.07) is 5.15. The van der Waals surface area contributed by atoms with Crippen molar-refractivity contribution in [2.45, 2.75) is 25.1 Å². The Balaban J connectivity index is 2.06. The minimum absolute atomic E-state index is 0.0476. The van der Waals surface area contributed by atoms with Crippen molar-refractivity contribution in [2.75, 3.05) is 16.4 Å². The van der Waals surface area contributed by atoms with Crippen molar-refractivity contribution >= 4 is 65.9 Å². The number of anilines is 1. The van der Waals surface area contributed by atoms with Gasteiger partial charge in [-0.05, 0) is 18.2 Å². The molecule has 9 heteroatoms. The van der Waals surface area contributed by atoms with Gasteiger partial charge in [0.15, 0.2) is 15.0 Å². The topological polar surface area (TPSA) is 66.8 Å². The monoisotopic (exact) mass is 450 g/mol. The fourth-order valence-electron chi connectivity index (χ4n) is 2.75. The first-order valence-corrected chi connectivity index (χ1v) is 11.3. The molecule has 2 heterocycles. The number of carbonyl (C=O) groups excluding carboxylic acids is 1. The molecule has 0 aliphatic carbocycles. The molecule has 0 saturated carbocycles. The third-order valence-electron chi connectivity index (χ3n) is 3.94. The second kappa shape index (κ2) is 6.63. The minimum atomic E-state index is -3.09. The van der Waals surface area contributed by atoms with Crippen LogP contribution in [-0.4, -0.2) is 42.3 Å². The predicted molar refractivity (Wildman–Crippen MR) is 103 cm³/mol. The second-order valence-corrected chi connectivity index (χ2v) is 10.8. The van der Waals surface area contributed by atoms with E-state index in [1.165, 1.54) is 11.8 Å². The SMILES string of the molecule is CC(C)C(=O)N=C1S[C@H]2CS(=O)(=O)C[C@@H]2N1c1ccc(Br)cc1Cl. The summed E-state index contributed by atoms with van der Waals surface area (Å²) in [6.45, 7) is 3.57. The molecule has 0 bridgehead atoms. The highest BCUT2D eigenvalue weighted by atomic mass is 79.9. The lowest BCUT2D eigenvalue weighted by molar-refractivity contribution is -0.120. The Morgan fingerprint density at radius 1 is 1.42 bits per heavy atom. The number of hydrogen-bond acceptors (Lipinski definition) is 4. The van der Waals surface area contributed by atoms with E-state index in [9.17, 15) is 13.2 Å². The molecule has 0 N–H and O–H groups in total. The second-order valence-electron chi connectivity index (χ2n) is 6.15. The number of hydrogen-bond donors (Lipinski definition) is 0. The normalized spacial score (nSPS) is 27.0. The third kappa shape index (κ3) is 3.52. The van der Waals surface area contributed by atoms with E-state index in [4.69, 9.17) is 11.6 Å². The van der Waals surface area contributed by atoms with Gasteiger partial charge in [0.25, 0.3) is 5.91 Å². The maximum absolute atomic E-state index is 12.1. The molecule has 3 rings (SSSR count). The molecule has 1 aromatic rings. The summed E-state index contributed by atoms with van der Waals surface area (Å²) in [7, 11) is -3.09. The number of nitrogens with zero attached hydrogens (tertiary/aromatic N) is 2. The van der Waals surface area contributed by atoms with Gasteiger partial charge in [-0.2, -0.15) is 4.99 Å². The Kier molecular flexibility index (Phi) is 5.03. The lowest BCUT2D eigenvalue weighted by Crippen LogP contribution is -2.38. The number of carbonyl (C=O) groups is 1. The highest BCUT2D eigenvalue weighted by Crippen LogP contribution is 2.43. The number of amidine groups is 1. The Morgan fingerprint density at radius 3 is 2.75 bits per heavy atom. The van der Waals surface area contributed by atoms with Crippen molar-refractivity contribution in [1.29, 1.82) is 0 Å². The minimum Gasteiger partial charge on any atom is -0.314 e. The van der Waals surface area contributed by atoms with E-state index in [-0.39, 0.29) is 34.6 Å². The molecule has 2 saturated heterocycles. The Hall–Kier alpha value is -0.570. The smallest absolute Gasteiger partial charge is 0.250 e. The van der Waals surface area contributed by atoms with Gasteiger partial charge in [0, 0.05) is 15.6 Å². The number of fused-ring (bicyclic) bond motifs is 1. The summed E-state index contributed by atoms with van der Waals surface area (Å²) in [4.78, 5) is 18.1. The van der Waals surface area contributed by atoms with E-state index in [0.717, 1.165) is 4.47 Å². The van der Waals surface area contributed by atoms with E-state index < -0.39 is 9.84 Å². The van der Waals surface area contributed by atoms with E-state index in [1.54, 1.807) is 19.9 Å². The van der Waals surface area contributed by atoms with Crippen LogP contribution in [0.15, 0.2) is 27.7 Å². The molecule has 2 atom stereocenters. The Labute approximate surface area is 158 Å². The van der Waals surface area contributed by atoms with E-state index >= 15 is 0 Å². The Bertz CT molecular complexity index is 826. The maximum Gasteiger partial charge on any atom is 0.250 e. The van der Waals surface area contributed by atoms with Gasteiger partial charge in [-0.15, -0.1) is 0 Å². The zero-order chi connectivity index (χ0) is 17.6. The zero-order valence-corrected chi connectivity index (χ0v) is 17.0. The quantitative estimate of drug-likeness (QED) is 0.690. The van der Waals surface area contributed by atoms with Gasteiger partial charge in [-0.3, -0.25) is 4.79 Å².